The van der Waals surface area contributed by atoms with Crippen LogP contribution in [0, 0.1) is 11.2 Å². The summed E-state index contributed by atoms with van der Waals surface area (Å²) >= 11 is 0. The van der Waals surface area contributed by atoms with Crippen molar-refractivity contribution in [3.8, 4) is 0 Å². The van der Waals surface area contributed by atoms with Gasteiger partial charge in [0.15, 0.2) is 0 Å². The Morgan fingerprint density at radius 1 is 0.873 bits per heavy atom. The standard InChI is InChI=1S/C44H48FN9O8S/c1-43(60)12-2-3-35(43)54-37(56)11-4-26-23-46-42(49-38(26)54)47-27-5-7-29(8-6-27)63(61,62)52-19-15-44(16-20-52)13-17-50(18-14-44)28-24-51(25-28)34-22-31-30(21-32(34)45)40(58)53(41(31)59)33-9-10-36(55)48-39(33)57/h4-8,11,21-23,28,33,35,60H,2-3,9-10,12-20,24-25H2,1H3,(H,46,47,49)(H,48,55,57)/t33?,35-,43-/m1/s1. The van der Waals surface area contributed by atoms with Gasteiger partial charge in [0.05, 0.1) is 33.4 Å². The van der Waals surface area contributed by atoms with E-state index < -0.39 is 57.2 Å². The highest BCUT2D eigenvalue weighted by Crippen LogP contribution is 2.44. The second-order valence-electron chi connectivity index (χ2n) is 18.2. The zero-order valence-corrected chi connectivity index (χ0v) is 35.6. The van der Waals surface area contributed by atoms with E-state index in [1.165, 1.54) is 12.1 Å². The van der Waals surface area contributed by atoms with Crippen LogP contribution in [0.4, 0.5) is 21.7 Å². The number of hydrogen-bond acceptors (Lipinski definition) is 13. The summed E-state index contributed by atoms with van der Waals surface area (Å²) in [6, 6.07) is 10.7. The number of halogens is 1. The Bertz CT molecular complexity index is 2740. The summed E-state index contributed by atoms with van der Waals surface area (Å²) in [5.41, 5.74) is -0.0705. The average molecular weight is 882 g/mol. The van der Waals surface area contributed by atoms with Crippen molar-refractivity contribution in [2.24, 2.45) is 5.41 Å². The number of hydrogen-bond donors (Lipinski definition) is 3. The fourth-order valence-electron chi connectivity index (χ4n) is 10.6. The van der Waals surface area contributed by atoms with E-state index in [4.69, 9.17) is 0 Å². The van der Waals surface area contributed by atoms with Crippen molar-refractivity contribution in [3.05, 3.63) is 82.0 Å². The van der Waals surface area contributed by atoms with Crippen LogP contribution >= 0.6 is 0 Å². The largest absolute Gasteiger partial charge is 0.388 e. The molecule has 5 aliphatic heterocycles. The van der Waals surface area contributed by atoms with Crippen molar-refractivity contribution >= 4 is 62.0 Å². The van der Waals surface area contributed by atoms with Crippen LogP contribution in [0.5, 0.6) is 0 Å². The Balaban J connectivity index is 0.726. The highest BCUT2D eigenvalue weighted by atomic mass is 32.2. The summed E-state index contributed by atoms with van der Waals surface area (Å²) < 4.78 is 46.2. The minimum absolute atomic E-state index is 0.00109. The first-order valence-electron chi connectivity index (χ1n) is 21.6. The molecule has 1 unspecified atom stereocenters. The topological polar surface area (TPSA) is 207 Å². The summed E-state index contributed by atoms with van der Waals surface area (Å²) in [5, 5.41) is 17.0. The lowest BCUT2D eigenvalue weighted by Crippen LogP contribution is -2.62. The Morgan fingerprint density at radius 3 is 2.22 bits per heavy atom. The molecule has 1 saturated carbocycles. The van der Waals surface area contributed by atoms with E-state index in [-0.39, 0.29) is 57.5 Å². The number of nitrogens with one attached hydrogen (secondary N) is 2. The molecule has 7 heterocycles. The van der Waals surface area contributed by atoms with E-state index in [0.29, 0.717) is 55.7 Å². The molecular weight excluding hydrogens is 834 g/mol. The van der Waals surface area contributed by atoms with Gasteiger partial charge in [-0.3, -0.25) is 43.7 Å². The van der Waals surface area contributed by atoms with E-state index >= 15 is 4.39 Å². The van der Waals surface area contributed by atoms with Crippen molar-refractivity contribution < 1.29 is 37.1 Å². The third-order valence-corrected chi connectivity index (χ3v) is 16.4. The number of amides is 4. The molecule has 1 aliphatic carbocycles. The van der Waals surface area contributed by atoms with Gasteiger partial charge in [-0.2, -0.15) is 9.29 Å². The second-order valence-corrected chi connectivity index (χ2v) is 20.2. The van der Waals surface area contributed by atoms with Crippen LogP contribution in [0.25, 0.3) is 11.0 Å². The SMILES string of the molecule is C[C@@]1(O)CCC[C@H]1n1c(=O)ccc2cnc(Nc3ccc(S(=O)(=O)N4CCC5(CCN(C6CN(c7cc8c(cc7F)C(=O)N(C7CCC(=O)NC7=O)C8=O)C6)CC5)CC4)cc3)nc21. The van der Waals surface area contributed by atoms with Crippen LogP contribution in [0.1, 0.15) is 91.5 Å². The van der Waals surface area contributed by atoms with Gasteiger partial charge in [0.2, 0.25) is 27.8 Å². The number of sulfonamides is 1. The molecule has 0 bridgehead atoms. The fourth-order valence-corrected chi connectivity index (χ4v) is 12.0. The molecule has 19 heteroatoms. The van der Waals surface area contributed by atoms with E-state index in [2.05, 4.69) is 25.5 Å². The lowest BCUT2D eigenvalue weighted by atomic mass is 9.71. The van der Waals surface area contributed by atoms with Crippen molar-refractivity contribution in [1.29, 1.82) is 0 Å². The van der Waals surface area contributed by atoms with Crippen LogP contribution < -0.4 is 21.1 Å². The molecule has 4 saturated heterocycles. The predicted molar refractivity (Wildman–Crippen MR) is 227 cm³/mol. The molecule has 0 radical (unpaired) electrons. The molecule has 17 nitrogen and oxygen atoms in total. The Morgan fingerprint density at radius 2 is 1.56 bits per heavy atom. The molecule has 5 fully saturated rings. The molecule has 330 valence electrons. The molecule has 6 aliphatic rings. The third-order valence-electron chi connectivity index (χ3n) is 14.5. The average Bonchev–Trinajstić information content (AvgIpc) is 3.71. The smallest absolute Gasteiger partial charge is 0.262 e. The summed E-state index contributed by atoms with van der Waals surface area (Å²) in [7, 11) is -3.75. The minimum Gasteiger partial charge on any atom is -0.388 e. The quantitative estimate of drug-likeness (QED) is 0.218. The van der Waals surface area contributed by atoms with Gasteiger partial charge in [-0.25, -0.2) is 17.8 Å². The summed E-state index contributed by atoms with van der Waals surface area (Å²) in [4.78, 5) is 77.8. The molecule has 2 aromatic carbocycles. The van der Waals surface area contributed by atoms with Crippen LogP contribution in [0.15, 0.2) is 64.4 Å². The van der Waals surface area contributed by atoms with Gasteiger partial charge in [0.25, 0.3) is 17.4 Å². The van der Waals surface area contributed by atoms with Gasteiger partial charge in [-0.15, -0.1) is 0 Å². The zero-order valence-electron chi connectivity index (χ0n) is 34.8. The maximum absolute atomic E-state index is 15.4. The van der Waals surface area contributed by atoms with Gasteiger partial charge in [0.1, 0.15) is 17.5 Å². The highest BCUT2D eigenvalue weighted by molar-refractivity contribution is 7.89. The number of anilines is 3. The van der Waals surface area contributed by atoms with Crippen LogP contribution in [-0.2, 0) is 19.6 Å². The molecule has 3 atom stereocenters. The maximum atomic E-state index is 15.4. The number of aromatic nitrogens is 3. The first kappa shape index (κ1) is 41.4. The molecular formula is C44H48FN9O8S. The molecule has 63 heavy (non-hydrogen) atoms. The fraction of sp³-hybridized carbons (Fsp3) is 0.477. The van der Waals surface area contributed by atoms with Crippen molar-refractivity contribution in [2.75, 3.05) is 49.5 Å². The predicted octanol–water partition coefficient (Wildman–Crippen LogP) is 3.31. The van der Waals surface area contributed by atoms with E-state index in [0.717, 1.165) is 56.2 Å². The summed E-state index contributed by atoms with van der Waals surface area (Å²) in [5.74, 6) is -2.98. The van der Waals surface area contributed by atoms with Crippen molar-refractivity contribution in [1.82, 2.24) is 34.0 Å². The normalized spacial score (nSPS) is 25.8. The number of fused-ring (bicyclic) bond motifs is 2. The number of aliphatic hydroxyl groups is 1. The highest BCUT2D eigenvalue weighted by Gasteiger charge is 2.47. The lowest BCUT2D eigenvalue weighted by Gasteiger charge is -2.52. The van der Waals surface area contributed by atoms with Crippen LogP contribution in [0.3, 0.4) is 0 Å². The molecule has 3 N–H and O–H groups in total. The first-order valence-corrected chi connectivity index (χ1v) is 23.1. The zero-order chi connectivity index (χ0) is 44.0. The van der Waals surface area contributed by atoms with Gasteiger partial charge in [0, 0.05) is 62.0 Å². The van der Waals surface area contributed by atoms with E-state index in [9.17, 15) is 37.5 Å². The van der Waals surface area contributed by atoms with Gasteiger partial charge in [-0.05, 0) is 119 Å². The Hall–Kier alpha value is -5.63. The second kappa shape index (κ2) is 15.3. The number of likely N-dealkylation sites (tertiary alicyclic amines) is 1. The number of rotatable bonds is 8. The van der Waals surface area contributed by atoms with Gasteiger partial charge < -0.3 is 15.3 Å². The number of carbonyl (C=O) groups excluding carboxylic acids is 4. The molecule has 1 spiro atoms. The number of carbonyl (C=O) groups is 4. The van der Waals surface area contributed by atoms with Crippen LogP contribution in [0.2, 0.25) is 0 Å². The monoisotopic (exact) mass is 881 g/mol. The molecule has 10 rings (SSSR count). The van der Waals surface area contributed by atoms with Crippen molar-refractivity contribution in [2.45, 2.75) is 93.3 Å². The summed E-state index contributed by atoms with van der Waals surface area (Å²) in [6.07, 6.45) is 7.03. The number of nitrogens with zero attached hydrogens (tertiary/aromatic N) is 7. The number of piperidine rings is 3. The molecule has 4 aromatic rings. The maximum Gasteiger partial charge on any atom is 0.262 e. The van der Waals surface area contributed by atoms with E-state index in [1.807, 2.05) is 4.90 Å². The molecule has 2 aromatic heterocycles. The Labute approximate surface area is 362 Å². The third kappa shape index (κ3) is 7.18. The van der Waals surface area contributed by atoms with Gasteiger partial charge >= 0.3 is 0 Å². The number of benzene rings is 2. The minimum atomic E-state index is -3.75. The summed E-state index contributed by atoms with van der Waals surface area (Å²) in [6.45, 7) is 5.34. The number of pyridine rings is 1. The lowest BCUT2D eigenvalue weighted by molar-refractivity contribution is -0.136. The van der Waals surface area contributed by atoms with Crippen molar-refractivity contribution in [3.63, 3.8) is 0 Å². The first-order chi connectivity index (χ1) is 30.1. The van der Waals surface area contributed by atoms with Gasteiger partial charge in [-0.1, -0.05) is 0 Å². The van der Waals surface area contributed by atoms with Crippen LogP contribution in [-0.4, -0.2) is 123 Å². The number of imide groups is 2. The Kier molecular flexibility index (Phi) is 10.0. The molecule has 4 amide bonds. The van der Waals surface area contributed by atoms with E-state index in [1.54, 1.807) is 52.3 Å².